The summed E-state index contributed by atoms with van der Waals surface area (Å²) in [4.78, 5) is 26.0. The van der Waals surface area contributed by atoms with Crippen LogP contribution in [0.25, 0.3) is 0 Å². The second kappa shape index (κ2) is 8.61. The van der Waals surface area contributed by atoms with Crippen molar-refractivity contribution in [2.45, 2.75) is 44.4 Å². The Hall–Kier alpha value is -2.29. The van der Waals surface area contributed by atoms with Crippen LogP contribution in [-0.4, -0.2) is 59.3 Å². The third kappa shape index (κ3) is 5.62. The van der Waals surface area contributed by atoms with Crippen LogP contribution in [0, 0.1) is 5.92 Å². The number of nitrogens with zero attached hydrogens (tertiary/aromatic N) is 2. The summed E-state index contributed by atoms with van der Waals surface area (Å²) in [6, 6.07) is 6.73. The van der Waals surface area contributed by atoms with E-state index in [1.807, 2.05) is 17.4 Å². The summed E-state index contributed by atoms with van der Waals surface area (Å²) in [6.45, 7) is 3.77. The van der Waals surface area contributed by atoms with Crippen LogP contribution < -0.4 is 5.32 Å². The molecule has 1 saturated carbocycles. The second-order valence-corrected chi connectivity index (χ2v) is 7.86. The van der Waals surface area contributed by atoms with E-state index in [-0.39, 0.29) is 6.04 Å². The summed E-state index contributed by atoms with van der Waals surface area (Å²) in [6.07, 6.45) is -2.41. The third-order valence-corrected chi connectivity index (χ3v) is 5.71. The number of amides is 2. The number of rotatable bonds is 6. The van der Waals surface area contributed by atoms with Crippen LogP contribution in [0.4, 0.5) is 18.0 Å². The lowest BCUT2D eigenvalue weighted by molar-refractivity contribution is -0.174. The first-order chi connectivity index (χ1) is 13.6. The molecule has 6 nitrogen and oxygen atoms in total. The molecule has 0 bridgehead atoms. The summed E-state index contributed by atoms with van der Waals surface area (Å²) in [5.74, 6) is -1.28. The van der Waals surface area contributed by atoms with Crippen LogP contribution >= 0.6 is 0 Å². The molecule has 2 atom stereocenters. The van der Waals surface area contributed by atoms with E-state index in [0.717, 1.165) is 12.0 Å². The zero-order chi connectivity index (χ0) is 21.2. The van der Waals surface area contributed by atoms with E-state index in [1.165, 1.54) is 24.7 Å². The standard InChI is InChI=1S/C20H26F3N3O3/c1-13(24-18(27)20(21,22)23)15-4-6-16(7-5-15)17(12-14-2-3-14)25-8-10-26(11-9-25)19(28)29/h4-7,13-14,17H,2-3,8-12H2,1H3,(H,24,27)(H,28,29). The lowest BCUT2D eigenvalue weighted by Crippen LogP contribution is -2.49. The van der Waals surface area contributed by atoms with Gasteiger partial charge in [-0.3, -0.25) is 9.69 Å². The van der Waals surface area contributed by atoms with Gasteiger partial charge in [-0.1, -0.05) is 37.1 Å². The minimum Gasteiger partial charge on any atom is -0.465 e. The molecule has 2 fully saturated rings. The van der Waals surface area contributed by atoms with E-state index in [0.29, 0.717) is 37.7 Å². The highest BCUT2D eigenvalue weighted by atomic mass is 19.4. The quantitative estimate of drug-likeness (QED) is 0.748. The minimum atomic E-state index is -4.90. The maximum Gasteiger partial charge on any atom is 0.471 e. The highest BCUT2D eigenvalue weighted by Crippen LogP contribution is 2.40. The first kappa shape index (κ1) is 21.4. The van der Waals surface area contributed by atoms with Crippen molar-refractivity contribution in [3.05, 3.63) is 35.4 Å². The molecule has 2 unspecified atom stereocenters. The summed E-state index contributed by atoms with van der Waals surface area (Å²) < 4.78 is 37.3. The highest BCUT2D eigenvalue weighted by Gasteiger charge is 2.39. The average molecular weight is 413 g/mol. The van der Waals surface area contributed by atoms with Crippen molar-refractivity contribution in [1.82, 2.24) is 15.1 Å². The van der Waals surface area contributed by atoms with Gasteiger partial charge in [-0.05, 0) is 30.4 Å². The maximum atomic E-state index is 12.4. The van der Waals surface area contributed by atoms with Gasteiger partial charge in [0.25, 0.3) is 0 Å². The third-order valence-electron chi connectivity index (χ3n) is 5.71. The first-order valence-corrected chi connectivity index (χ1v) is 9.84. The number of carbonyl (C=O) groups excluding carboxylic acids is 1. The van der Waals surface area contributed by atoms with Gasteiger partial charge < -0.3 is 15.3 Å². The molecule has 1 heterocycles. The number of halogens is 3. The van der Waals surface area contributed by atoms with Crippen LogP contribution in [0.1, 0.15) is 49.4 Å². The Morgan fingerprint density at radius 1 is 1.10 bits per heavy atom. The Labute approximate surface area is 167 Å². The van der Waals surface area contributed by atoms with Gasteiger partial charge in [-0.25, -0.2) is 4.79 Å². The zero-order valence-electron chi connectivity index (χ0n) is 16.3. The van der Waals surface area contributed by atoms with Crippen molar-refractivity contribution in [2.24, 2.45) is 5.92 Å². The number of carbonyl (C=O) groups is 2. The molecule has 9 heteroatoms. The molecule has 1 aromatic rings. The normalized spacial score (nSPS) is 20.2. The van der Waals surface area contributed by atoms with Crippen molar-refractivity contribution in [3.8, 4) is 0 Å². The fourth-order valence-electron chi connectivity index (χ4n) is 3.76. The topological polar surface area (TPSA) is 72.9 Å². The van der Waals surface area contributed by atoms with E-state index in [4.69, 9.17) is 5.11 Å². The summed E-state index contributed by atoms with van der Waals surface area (Å²) in [5.41, 5.74) is 1.67. The maximum absolute atomic E-state index is 12.4. The largest absolute Gasteiger partial charge is 0.471 e. The first-order valence-electron chi connectivity index (χ1n) is 9.84. The van der Waals surface area contributed by atoms with Crippen molar-refractivity contribution < 1.29 is 27.9 Å². The van der Waals surface area contributed by atoms with Gasteiger partial charge in [0.15, 0.2) is 0 Å². The van der Waals surface area contributed by atoms with Crippen LogP contribution in [0.2, 0.25) is 0 Å². The molecule has 1 aromatic carbocycles. The van der Waals surface area contributed by atoms with Crippen molar-refractivity contribution in [2.75, 3.05) is 26.2 Å². The molecule has 3 rings (SSSR count). The van der Waals surface area contributed by atoms with Gasteiger partial charge >= 0.3 is 18.2 Å². The van der Waals surface area contributed by atoms with Crippen molar-refractivity contribution in [3.63, 3.8) is 0 Å². The van der Waals surface area contributed by atoms with Crippen LogP contribution in [0.3, 0.4) is 0 Å². The Morgan fingerprint density at radius 2 is 1.66 bits per heavy atom. The molecule has 0 aromatic heterocycles. The molecule has 1 saturated heterocycles. The van der Waals surface area contributed by atoms with Crippen LogP contribution in [-0.2, 0) is 4.79 Å². The number of alkyl halides is 3. The van der Waals surface area contributed by atoms with Gasteiger partial charge in [0.05, 0.1) is 6.04 Å². The lowest BCUT2D eigenvalue weighted by Gasteiger charge is -2.38. The number of nitrogens with one attached hydrogen (secondary N) is 1. The smallest absolute Gasteiger partial charge is 0.465 e. The molecule has 2 N–H and O–H groups in total. The Morgan fingerprint density at radius 3 is 2.14 bits per heavy atom. The summed E-state index contributed by atoms with van der Waals surface area (Å²) in [5, 5.41) is 11.1. The Kier molecular flexibility index (Phi) is 6.36. The molecule has 160 valence electrons. The van der Waals surface area contributed by atoms with Gasteiger partial charge in [-0.2, -0.15) is 13.2 Å². The number of hydrogen-bond donors (Lipinski definition) is 2. The molecule has 29 heavy (non-hydrogen) atoms. The molecule has 0 radical (unpaired) electrons. The molecular weight excluding hydrogens is 387 g/mol. The number of piperazine rings is 1. The van der Waals surface area contributed by atoms with E-state index in [1.54, 1.807) is 12.1 Å². The summed E-state index contributed by atoms with van der Waals surface area (Å²) >= 11 is 0. The SMILES string of the molecule is CC(NC(=O)C(F)(F)F)c1ccc(C(CC2CC2)N2CCN(C(=O)O)CC2)cc1. The van der Waals surface area contributed by atoms with Crippen LogP contribution in [0.5, 0.6) is 0 Å². The zero-order valence-corrected chi connectivity index (χ0v) is 16.3. The fourth-order valence-corrected chi connectivity index (χ4v) is 3.76. The Balaban J connectivity index is 1.67. The monoisotopic (exact) mass is 413 g/mol. The molecule has 1 aliphatic carbocycles. The number of benzene rings is 1. The fraction of sp³-hybridized carbons (Fsp3) is 0.600. The second-order valence-electron chi connectivity index (χ2n) is 7.86. The molecule has 0 spiro atoms. The summed E-state index contributed by atoms with van der Waals surface area (Å²) in [7, 11) is 0. The van der Waals surface area contributed by atoms with Gasteiger partial charge in [0, 0.05) is 32.2 Å². The molecule has 2 amide bonds. The number of carboxylic acid groups (broad SMARTS) is 1. The molecular formula is C20H26F3N3O3. The van der Waals surface area contributed by atoms with Gasteiger partial charge in [0.1, 0.15) is 0 Å². The van der Waals surface area contributed by atoms with E-state index in [9.17, 15) is 22.8 Å². The minimum absolute atomic E-state index is 0.160. The van der Waals surface area contributed by atoms with Crippen molar-refractivity contribution in [1.29, 1.82) is 0 Å². The predicted octanol–water partition coefficient (Wildman–Crippen LogP) is 3.56. The van der Waals surface area contributed by atoms with E-state index < -0.39 is 24.2 Å². The number of hydrogen-bond acceptors (Lipinski definition) is 3. The van der Waals surface area contributed by atoms with Crippen LogP contribution in [0.15, 0.2) is 24.3 Å². The van der Waals surface area contributed by atoms with E-state index in [2.05, 4.69) is 4.90 Å². The van der Waals surface area contributed by atoms with E-state index >= 15 is 0 Å². The average Bonchev–Trinajstić information content (AvgIpc) is 3.50. The lowest BCUT2D eigenvalue weighted by atomic mass is 9.96. The molecule has 2 aliphatic rings. The predicted molar refractivity (Wildman–Crippen MR) is 100 cm³/mol. The molecule has 1 aliphatic heterocycles. The van der Waals surface area contributed by atoms with Gasteiger partial charge in [0.2, 0.25) is 0 Å². The highest BCUT2D eigenvalue weighted by molar-refractivity contribution is 5.82. The van der Waals surface area contributed by atoms with Gasteiger partial charge in [-0.15, -0.1) is 0 Å². The van der Waals surface area contributed by atoms with Crippen molar-refractivity contribution >= 4 is 12.0 Å². The Bertz CT molecular complexity index is 727.